The first-order valence-corrected chi connectivity index (χ1v) is 16.3. The third kappa shape index (κ3) is 7.51. The van der Waals surface area contributed by atoms with Gasteiger partial charge in [0, 0.05) is 0 Å². The Balaban J connectivity index is 1.36. The normalized spacial score (nSPS) is 11.6. The Morgan fingerprint density at radius 3 is 1.21 bits per heavy atom. The predicted molar refractivity (Wildman–Crippen MR) is 177 cm³/mol. The minimum atomic E-state index is -4.26. The van der Waals surface area contributed by atoms with Gasteiger partial charge in [0.05, 0.1) is 4.90 Å². The molecule has 0 amide bonds. The molecule has 0 saturated carbocycles. The first-order valence-electron chi connectivity index (χ1n) is 14.8. The summed E-state index contributed by atoms with van der Waals surface area (Å²) in [7, 11) is -4.26. The second kappa shape index (κ2) is 12.7. The van der Waals surface area contributed by atoms with Crippen molar-refractivity contribution in [2.45, 2.75) is 65.2 Å². The SMILES string of the molecule is Cc1ccccc1Cc1ccc(C)c(Cc2ccc(C)c(Cc3ccc(C)c(Cc4ccc(C)c(S(=O)(=O)O)c4)c3)c2)c1. The monoisotopic (exact) mass is 588 g/mol. The minimum Gasteiger partial charge on any atom is -0.282 e. The van der Waals surface area contributed by atoms with Crippen LogP contribution in [0.3, 0.4) is 0 Å². The van der Waals surface area contributed by atoms with E-state index < -0.39 is 10.1 Å². The van der Waals surface area contributed by atoms with Crippen molar-refractivity contribution in [3.05, 3.63) is 169 Å². The molecule has 5 rings (SSSR count). The summed E-state index contributed by atoms with van der Waals surface area (Å²) in [6.07, 6.45) is 3.25. The molecule has 0 aliphatic heterocycles. The van der Waals surface area contributed by atoms with E-state index in [-0.39, 0.29) is 4.90 Å². The van der Waals surface area contributed by atoms with E-state index in [1.165, 1.54) is 50.1 Å². The minimum absolute atomic E-state index is 0.0257. The van der Waals surface area contributed by atoms with E-state index in [9.17, 15) is 13.0 Å². The lowest BCUT2D eigenvalue weighted by Crippen LogP contribution is -2.03. The molecule has 0 saturated heterocycles. The van der Waals surface area contributed by atoms with Gasteiger partial charge in [-0.3, -0.25) is 4.55 Å². The van der Waals surface area contributed by atoms with Crippen LogP contribution in [0.4, 0.5) is 0 Å². The molecule has 0 bridgehead atoms. The van der Waals surface area contributed by atoms with Crippen LogP contribution in [0.25, 0.3) is 0 Å². The van der Waals surface area contributed by atoms with Crippen molar-refractivity contribution in [3.8, 4) is 0 Å². The zero-order valence-corrected chi connectivity index (χ0v) is 26.6. The maximum absolute atomic E-state index is 11.8. The Morgan fingerprint density at radius 2 is 0.791 bits per heavy atom. The molecule has 220 valence electrons. The highest BCUT2D eigenvalue weighted by atomic mass is 32.2. The van der Waals surface area contributed by atoms with Crippen molar-refractivity contribution >= 4 is 10.1 Å². The van der Waals surface area contributed by atoms with Crippen molar-refractivity contribution in [2.75, 3.05) is 0 Å². The van der Waals surface area contributed by atoms with Crippen LogP contribution in [-0.4, -0.2) is 13.0 Å². The van der Waals surface area contributed by atoms with Gasteiger partial charge in [0.2, 0.25) is 0 Å². The molecule has 3 nitrogen and oxygen atoms in total. The van der Waals surface area contributed by atoms with E-state index in [1.807, 2.05) is 6.07 Å². The standard InChI is InChI=1S/C39H40O3S/c1-26-8-6-7-9-35(26)18-31-14-10-27(2)36(19-31)20-32-15-11-28(3)37(21-32)22-33-16-12-29(4)38(23-33)24-34-17-13-30(5)39(25-34)43(40,41)42/h6-17,19,21,23,25H,18,20,22,24H2,1-5H3,(H,40,41,42). The van der Waals surface area contributed by atoms with Crippen molar-refractivity contribution in [3.63, 3.8) is 0 Å². The van der Waals surface area contributed by atoms with Crippen LogP contribution in [-0.2, 0) is 35.8 Å². The molecule has 5 aromatic carbocycles. The van der Waals surface area contributed by atoms with Crippen molar-refractivity contribution in [2.24, 2.45) is 0 Å². The van der Waals surface area contributed by atoms with Gasteiger partial charge in [-0.15, -0.1) is 0 Å². The van der Waals surface area contributed by atoms with Gasteiger partial charge >= 0.3 is 0 Å². The van der Waals surface area contributed by atoms with Gasteiger partial charge in [-0.25, -0.2) is 0 Å². The molecule has 4 heteroatoms. The molecule has 43 heavy (non-hydrogen) atoms. The van der Waals surface area contributed by atoms with Gasteiger partial charge in [0.25, 0.3) is 10.1 Å². The largest absolute Gasteiger partial charge is 0.294 e. The van der Waals surface area contributed by atoms with Crippen LogP contribution >= 0.6 is 0 Å². The lowest BCUT2D eigenvalue weighted by atomic mass is 9.91. The highest BCUT2D eigenvalue weighted by molar-refractivity contribution is 7.85. The topological polar surface area (TPSA) is 54.4 Å². The third-order valence-electron chi connectivity index (χ3n) is 8.61. The van der Waals surface area contributed by atoms with Crippen LogP contribution in [0.5, 0.6) is 0 Å². The quantitative estimate of drug-likeness (QED) is 0.175. The van der Waals surface area contributed by atoms with Gasteiger partial charge in [-0.2, -0.15) is 8.42 Å². The highest BCUT2D eigenvalue weighted by Crippen LogP contribution is 2.25. The molecule has 0 heterocycles. The van der Waals surface area contributed by atoms with Gasteiger partial charge in [0.15, 0.2) is 0 Å². The molecular formula is C39H40O3S. The van der Waals surface area contributed by atoms with E-state index in [0.29, 0.717) is 12.0 Å². The number of aryl methyl sites for hydroxylation is 5. The van der Waals surface area contributed by atoms with Crippen LogP contribution in [0.15, 0.2) is 102 Å². The predicted octanol–water partition coefficient (Wildman–Crippen LogP) is 8.84. The van der Waals surface area contributed by atoms with Crippen molar-refractivity contribution in [1.29, 1.82) is 0 Å². The number of rotatable bonds is 9. The molecule has 0 unspecified atom stereocenters. The van der Waals surface area contributed by atoms with Crippen LogP contribution in [0.2, 0.25) is 0 Å². The number of hydrogen-bond acceptors (Lipinski definition) is 2. The number of hydrogen-bond donors (Lipinski definition) is 1. The Hall–Kier alpha value is -3.99. The average molecular weight is 589 g/mol. The van der Waals surface area contributed by atoms with Crippen LogP contribution in [0, 0.1) is 34.6 Å². The molecule has 0 spiro atoms. The molecule has 0 atom stereocenters. The fourth-order valence-corrected chi connectivity index (χ4v) is 6.57. The molecule has 0 aromatic heterocycles. The molecule has 5 aromatic rings. The Morgan fingerprint density at radius 1 is 0.442 bits per heavy atom. The van der Waals surface area contributed by atoms with E-state index >= 15 is 0 Å². The summed E-state index contributed by atoms with van der Waals surface area (Å²) in [6.45, 7) is 10.3. The highest BCUT2D eigenvalue weighted by Gasteiger charge is 2.15. The Bertz CT molecular complexity index is 1900. The van der Waals surface area contributed by atoms with Gasteiger partial charge < -0.3 is 0 Å². The summed E-state index contributed by atoms with van der Waals surface area (Å²) >= 11 is 0. The molecule has 0 fully saturated rings. The fourth-order valence-electron chi connectivity index (χ4n) is 5.80. The average Bonchev–Trinajstić information content (AvgIpc) is 2.96. The Labute approximate surface area is 257 Å². The van der Waals surface area contributed by atoms with E-state index in [2.05, 4.69) is 107 Å². The van der Waals surface area contributed by atoms with Gasteiger partial charge in [-0.1, -0.05) is 91.0 Å². The fraction of sp³-hybridized carbons (Fsp3) is 0.231. The zero-order chi connectivity index (χ0) is 30.7. The summed E-state index contributed by atoms with van der Waals surface area (Å²) in [5.41, 5.74) is 15.5. The first kappa shape index (κ1) is 30.5. The molecule has 0 radical (unpaired) electrons. The molecule has 0 aliphatic carbocycles. The first-order chi connectivity index (χ1) is 20.5. The Kier molecular flexibility index (Phi) is 9.00. The van der Waals surface area contributed by atoms with E-state index in [4.69, 9.17) is 0 Å². The van der Waals surface area contributed by atoms with Crippen LogP contribution in [0.1, 0.15) is 72.3 Å². The van der Waals surface area contributed by atoms with Gasteiger partial charge in [-0.05, 0) is 139 Å². The van der Waals surface area contributed by atoms with Crippen molar-refractivity contribution < 1.29 is 13.0 Å². The van der Waals surface area contributed by atoms with Crippen LogP contribution < -0.4 is 0 Å². The summed E-state index contributed by atoms with van der Waals surface area (Å²) in [5.74, 6) is 0. The molecular weight excluding hydrogens is 548 g/mol. The maximum atomic E-state index is 11.8. The summed E-state index contributed by atoms with van der Waals surface area (Å²) in [6, 6.07) is 34.1. The summed E-state index contributed by atoms with van der Waals surface area (Å²) in [4.78, 5) is -0.0257. The zero-order valence-electron chi connectivity index (χ0n) is 25.7. The second-order valence-electron chi connectivity index (χ2n) is 12.0. The smallest absolute Gasteiger partial charge is 0.282 e. The molecule has 1 N–H and O–H groups in total. The lowest BCUT2D eigenvalue weighted by Gasteiger charge is -2.14. The lowest BCUT2D eigenvalue weighted by molar-refractivity contribution is 0.482. The number of benzene rings is 5. The maximum Gasteiger partial charge on any atom is 0.294 e. The van der Waals surface area contributed by atoms with E-state index in [1.54, 1.807) is 19.1 Å². The second-order valence-corrected chi connectivity index (χ2v) is 13.4. The summed E-state index contributed by atoms with van der Waals surface area (Å²) in [5, 5.41) is 0. The van der Waals surface area contributed by atoms with E-state index in [0.717, 1.165) is 36.0 Å². The molecule has 0 aliphatic rings. The van der Waals surface area contributed by atoms with Gasteiger partial charge in [0.1, 0.15) is 0 Å². The van der Waals surface area contributed by atoms with Crippen molar-refractivity contribution in [1.82, 2.24) is 0 Å². The summed E-state index contributed by atoms with van der Waals surface area (Å²) < 4.78 is 33.3. The third-order valence-corrected chi connectivity index (χ3v) is 9.61.